The molecule has 0 saturated heterocycles. The molecule has 0 aliphatic heterocycles. The van der Waals surface area contributed by atoms with Crippen molar-refractivity contribution in [1.82, 2.24) is 0 Å². The minimum Gasteiger partial charge on any atom is -0.478 e. The van der Waals surface area contributed by atoms with E-state index in [9.17, 15) is 9.59 Å². The molecule has 0 atom stereocenters. The number of carboxylic acids is 1. The molecule has 0 unspecified atom stereocenters. The maximum absolute atomic E-state index is 10.9. The van der Waals surface area contributed by atoms with Crippen molar-refractivity contribution in [2.75, 3.05) is 0 Å². The maximum Gasteiger partial charge on any atom is 0.335 e. The van der Waals surface area contributed by atoms with Gasteiger partial charge in [-0.3, -0.25) is 4.79 Å². The summed E-state index contributed by atoms with van der Waals surface area (Å²) in [6.07, 6.45) is 0. The maximum atomic E-state index is 10.9. The van der Waals surface area contributed by atoms with Crippen LogP contribution in [-0.4, -0.2) is 17.0 Å². The molecule has 92 valence electrons. The first-order valence-electron chi connectivity index (χ1n) is 5.13. The van der Waals surface area contributed by atoms with Gasteiger partial charge in [-0.05, 0) is 23.6 Å². The number of halogens is 1. The number of carbonyl (C=O) groups excluding carboxylic acids is 1. The van der Waals surface area contributed by atoms with Crippen LogP contribution >= 0.6 is 11.6 Å². The van der Waals surface area contributed by atoms with Crippen molar-refractivity contribution in [3.05, 3.63) is 40.9 Å². The molecule has 0 amide bonds. The second-order valence-electron chi connectivity index (χ2n) is 3.71. The van der Waals surface area contributed by atoms with E-state index in [1.807, 2.05) is 0 Å². The number of carbonyl (C=O) groups is 2. The van der Waals surface area contributed by atoms with Crippen molar-refractivity contribution < 1.29 is 19.4 Å². The van der Waals surface area contributed by atoms with E-state index in [1.165, 1.54) is 25.1 Å². The largest absolute Gasteiger partial charge is 0.478 e. The Labute approximate surface area is 108 Å². The van der Waals surface area contributed by atoms with Gasteiger partial charge in [0.25, 0.3) is 0 Å². The third-order valence-corrected chi connectivity index (χ3v) is 2.81. The Kier molecular flexibility index (Phi) is 3.21. The number of hydrogen-bond acceptors (Lipinski definition) is 3. The zero-order valence-corrected chi connectivity index (χ0v) is 10.2. The van der Waals surface area contributed by atoms with E-state index in [0.29, 0.717) is 15.8 Å². The summed E-state index contributed by atoms with van der Waals surface area (Å²) < 4.78 is 4.94. The van der Waals surface area contributed by atoms with Gasteiger partial charge in [0, 0.05) is 12.3 Å². The highest BCUT2D eigenvalue weighted by molar-refractivity contribution is 6.37. The predicted molar refractivity (Wildman–Crippen MR) is 67.2 cm³/mol. The summed E-state index contributed by atoms with van der Waals surface area (Å²) in [7, 11) is 0. The number of fused-ring (bicyclic) bond motifs is 1. The standard InChI is InChI=1S/C13H9ClO4/c1-7(15)18-11-5-3-8-6-9(13(16)17)2-4-10(8)12(11)14/h2-6H,1H3,(H,16,17). The number of carboxylic acid groups (broad SMARTS) is 1. The molecule has 0 spiro atoms. The third kappa shape index (κ3) is 2.28. The Morgan fingerprint density at radius 2 is 1.94 bits per heavy atom. The summed E-state index contributed by atoms with van der Waals surface area (Å²) in [6, 6.07) is 7.76. The fraction of sp³-hybridized carbons (Fsp3) is 0.0769. The van der Waals surface area contributed by atoms with Crippen LogP contribution in [0.1, 0.15) is 17.3 Å². The lowest BCUT2D eigenvalue weighted by Gasteiger charge is -2.07. The topological polar surface area (TPSA) is 63.6 Å². The Balaban J connectivity index is 2.58. The normalized spacial score (nSPS) is 10.3. The summed E-state index contributed by atoms with van der Waals surface area (Å²) >= 11 is 6.09. The summed E-state index contributed by atoms with van der Waals surface area (Å²) in [5.74, 6) is -1.20. The van der Waals surface area contributed by atoms with Crippen molar-refractivity contribution in [3.63, 3.8) is 0 Å². The lowest BCUT2D eigenvalue weighted by molar-refractivity contribution is -0.131. The molecule has 0 saturated carbocycles. The Hall–Kier alpha value is -2.07. The van der Waals surface area contributed by atoms with Gasteiger partial charge in [0.2, 0.25) is 0 Å². The Morgan fingerprint density at radius 1 is 1.22 bits per heavy atom. The van der Waals surface area contributed by atoms with Gasteiger partial charge in [-0.25, -0.2) is 4.79 Å². The molecule has 4 nitrogen and oxygen atoms in total. The lowest BCUT2D eigenvalue weighted by Crippen LogP contribution is -2.02. The summed E-state index contributed by atoms with van der Waals surface area (Å²) in [6.45, 7) is 1.29. The number of hydrogen-bond donors (Lipinski definition) is 1. The number of aromatic carboxylic acids is 1. The quantitative estimate of drug-likeness (QED) is 0.669. The van der Waals surface area contributed by atoms with Crippen LogP contribution in [0.25, 0.3) is 10.8 Å². The molecule has 1 N–H and O–H groups in total. The van der Waals surface area contributed by atoms with E-state index in [2.05, 4.69) is 0 Å². The van der Waals surface area contributed by atoms with Gasteiger partial charge in [0.1, 0.15) is 5.75 Å². The van der Waals surface area contributed by atoms with Crippen LogP contribution in [0.5, 0.6) is 5.75 Å². The molecule has 0 radical (unpaired) electrons. The fourth-order valence-electron chi connectivity index (χ4n) is 1.64. The average Bonchev–Trinajstić information content (AvgIpc) is 2.32. The SMILES string of the molecule is CC(=O)Oc1ccc2cc(C(=O)O)ccc2c1Cl. The van der Waals surface area contributed by atoms with Crippen LogP contribution in [0, 0.1) is 0 Å². The summed E-state index contributed by atoms with van der Waals surface area (Å²) in [5, 5.41) is 10.5. The molecular weight excluding hydrogens is 256 g/mol. The van der Waals surface area contributed by atoms with Gasteiger partial charge < -0.3 is 9.84 Å². The summed E-state index contributed by atoms with van der Waals surface area (Å²) in [4.78, 5) is 21.7. The smallest absolute Gasteiger partial charge is 0.335 e. The van der Waals surface area contributed by atoms with Gasteiger partial charge >= 0.3 is 11.9 Å². The number of benzene rings is 2. The highest BCUT2D eigenvalue weighted by atomic mass is 35.5. The van der Waals surface area contributed by atoms with Gasteiger partial charge in [0.15, 0.2) is 0 Å². The fourth-order valence-corrected chi connectivity index (χ4v) is 1.91. The zero-order valence-electron chi connectivity index (χ0n) is 9.44. The highest BCUT2D eigenvalue weighted by Crippen LogP contribution is 2.33. The monoisotopic (exact) mass is 264 g/mol. The van der Waals surface area contributed by atoms with Gasteiger partial charge in [-0.15, -0.1) is 0 Å². The molecule has 0 aliphatic carbocycles. The van der Waals surface area contributed by atoms with Gasteiger partial charge in [-0.2, -0.15) is 0 Å². The molecule has 0 fully saturated rings. The molecular formula is C13H9ClO4. The van der Waals surface area contributed by atoms with Gasteiger partial charge in [0.05, 0.1) is 10.6 Å². The van der Waals surface area contributed by atoms with Crippen molar-refractivity contribution in [2.45, 2.75) is 6.92 Å². The molecule has 0 aromatic heterocycles. The van der Waals surface area contributed by atoms with E-state index < -0.39 is 11.9 Å². The second-order valence-corrected chi connectivity index (χ2v) is 4.09. The first-order valence-corrected chi connectivity index (χ1v) is 5.51. The van der Waals surface area contributed by atoms with Crippen LogP contribution in [-0.2, 0) is 4.79 Å². The number of ether oxygens (including phenoxy) is 1. The van der Waals surface area contributed by atoms with Crippen LogP contribution < -0.4 is 4.74 Å². The first kappa shape index (κ1) is 12.4. The van der Waals surface area contributed by atoms with Crippen LogP contribution in [0.2, 0.25) is 5.02 Å². The molecule has 0 bridgehead atoms. The highest BCUT2D eigenvalue weighted by Gasteiger charge is 2.10. The van der Waals surface area contributed by atoms with Crippen LogP contribution in [0.15, 0.2) is 30.3 Å². The van der Waals surface area contributed by atoms with E-state index in [4.69, 9.17) is 21.4 Å². The molecule has 0 aliphatic rings. The minimum absolute atomic E-state index is 0.179. The second kappa shape index (κ2) is 4.66. The van der Waals surface area contributed by atoms with Crippen LogP contribution in [0.4, 0.5) is 0 Å². The molecule has 0 heterocycles. The van der Waals surface area contributed by atoms with E-state index in [1.54, 1.807) is 12.1 Å². The summed E-state index contributed by atoms with van der Waals surface area (Å²) in [5.41, 5.74) is 0.179. The number of rotatable bonds is 2. The third-order valence-electron chi connectivity index (χ3n) is 2.42. The van der Waals surface area contributed by atoms with Crippen molar-refractivity contribution in [1.29, 1.82) is 0 Å². The Morgan fingerprint density at radius 3 is 2.56 bits per heavy atom. The molecule has 18 heavy (non-hydrogen) atoms. The predicted octanol–water partition coefficient (Wildman–Crippen LogP) is 3.12. The van der Waals surface area contributed by atoms with E-state index >= 15 is 0 Å². The van der Waals surface area contributed by atoms with E-state index in [-0.39, 0.29) is 11.3 Å². The zero-order chi connectivity index (χ0) is 13.3. The minimum atomic E-state index is -1.00. The van der Waals surface area contributed by atoms with Crippen molar-refractivity contribution in [2.24, 2.45) is 0 Å². The Bertz CT molecular complexity index is 649. The lowest BCUT2D eigenvalue weighted by atomic mass is 10.1. The molecule has 2 rings (SSSR count). The number of esters is 1. The molecule has 5 heteroatoms. The van der Waals surface area contributed by atoms with Crippen LogP contribution in [0.3, 0.4) is 0 Å². The molecule has 2 aromatic carbocycles. The van der Waals surface area contributed by atoms with E-state index in [0.717, 1.165) is 0 Å². The van der Waals surface area contributed by atoms with Crippen molar-refractivity contribution in [3.8, 4) is 5.75 Å². The molecule has 2 aromatic rings. The average molecular weight is 265 g/mol. The van der Waals surface area contributed by atoms with Gasteiger partial charge in [-0.1, -0.05) is 23.7 Å². The van der Waals surface area contributed by atoms with Crippen molar-refractivity contribution >= 4 is 34.3 Å². The first-order chi connectivity index (χ1) is 8.49.